The van der Waals surface area contributed by atoms with Crippen LogP contribution in [0.5, 0.6) is 5.75 Å². The molecule has 0 N–H and O–H groups in total. The van der Waals surface area contributed by atoms with E-state index in [0.29, 0.717) is 6.04 Å². The van der Waals surface area contributed by atoms with Crippen LogP contribution in [-0.4, -0.2) is 43.7 Å². The lowest BCUT2D eigenvalue weighted by molar-refractivity contribution is 0.115. The van der Waals surface area contributed by atoms with E-state index in [1.165, 1.54) is 38.0 Å². The van der Waals surface area contributed by atoms with Crippen molar-refractivity contribution >= 4 is 5.69 Å². The first kappa shape index (κ1) is 12.8. The van der Waals surface area contributed by atoms with Crippen molar-refractivity contribution in [2.24, 2.45) is 0 Å². The molecule has 2 unspecified atom stereocenters. The summed E-state index contributed by atoms with van der Waals surface area (Å²) < 4.78 is 5.35. The number of hydrogen-bond donors (Lipinski definition) is 0. The van der Waals surface area contributed by atoms with E-state index >= 15 is 0 Å². The fourth-order valence-corrected chi connectivity index (χ4v) is 3.50. The second-order valence-electron chi connectivity index (χ2n) is 5.85. The molecule has 3 heteroatoms. The first-order chi connectivity index (χ1) is 9.28. The third-order valence-corrected chi connectivity index (χ3v) is 4.57. The molecule has 0 bridgehead atoms. The van der Waals surface area contributed by atoms with Crippen molar-refractivity contribution in [3.63, 3.8) is 0 Å². The number of benzene rings is 1. The maximum Gasteiger partial charge on any atom is 0.120 e. The quantitative estimate of drug-likeness (QED) is 0.813. The predicted molar refractivity (Wildman–Crippen MR) is 79.0 cm³/mol. The van der Waals surface area contributed by atoms with Gasteiger partial charge in [0.15, 0.2) is 0 Å². The van der Waals surface area contributed by atoms with Gasteiger partial charge in [0.1, 0.15) is 5.75 Å². The molecule has 19 heavy (non-hydrogen) atoms. The summed E-state index contributed by atoms with van der Waals surface area (Å²) in [6.45, 7) is 5.99. The van der Waals surface area contributed by atoms with E-state index in [1.807, 2.05) is 6.07 Å². The molecule has 2 saturated heterocycles. The zero-order valence-electron chi connectivity index (χ0n) is 12.0. The number of piperazine rings is 1. The van der Waals surface area contributed by atoms with E-state index in [1.54, 1.807) is 7.11 Å². The Kier molecular flexibility index (Phi) is 3.65. The zero-order chi connectivity index (χ0) is 13.2. The smallest absolute Gasteiger partial charge is 0.120 e. The van der Waals surface area contributed by atoms with E-state index in [0.717, 1.165) is 18.3 Å². The molecule has 2 atom stereocenters. The highest BCUT2D eigenvalue weighted by molar-refractivity contribution is 5.52. The Labute approximate surface area is 116 Å². The van der Waals surface area contributed by atoms with Gasteiger partial charge in [0.2, 0.25) is 0 Å². The van der Waals surface area contributed by atoms with Gasteiger partial charge in [-0.3, -0.25) is 4.90 Å². The number of nitrogens with zero attached hydrogens (tertiary/aromatic N) is 2. The lowest BCUT2D eigenvalue weighted by Crippen LogP contribution is -2.58. The minimum atomic E-state index is 0.585. The Hall–Kier alpha value is -1.22. The minimum Gasteiger partial charge on any atom is -0.497 e. The molecule has 1 aromatic rings. The molecule has 104 valence electrons. The summed E-state index contributed by atoms with van der Waals surface area (Å²) in [5.74, 6) is 0.954. The van der Waals surface area contributed by atoms with Gasteiger partial charge in [-0.25, -0.2) is 0 Å². The molecule has 1 aromatic carbocycles. The second kappa shape index (κ2) is 5.41. The third kappa shape index (κ3) is 2.57. The average Bonchev–Trinajstić information content (AvgIpc) is 2.46. The average molecular weight is 260 g/mol. The van der Waals surface area contributed by atoms with Gasteiger partial charge in [-0.05, 0) is 38.4 Å². The highest BCUT2D eigenvalue weighted by Gasteiger charge is 2.32. The summed E-state index contributed by atoms with van der Waals surface area (Å²) in [7, 11) is 1.74. The van der Waals surface area contributed by atoms with E-state index in [4.69, 9.17) is 4.74 Å². The first-order valence-corrected chi connectivity index (χ1v) is 7.42. The van der Waals surface area contributed by atoms with Gasteiger partial charge in [0.05, 0.1) is 7.11 Å². The highest BCUT2D eigenvalue weighted by atomic mass is 16.5. The van der Waals surface area contributed by atoms with Crippen molar-refractivity contribution in [2.75, 3.05) is 31.6 Å². The Morgan fingerprint density at radius 1 is 1.21 bits per heavy atom. The van der Waals surface area contributed by atoms with Crippen molar-refractivity contribution in [3.05, 3.63) is 24.3 Å². The van der Waals surface area contributed by atoms with Crippen molar-refractivity contribution < 1.29 is 4.74 Å². The summed E-state index contributed by atoms with van der Waals surface area (Å²) in [6.07, 6.45) is 4.12. The van der Waals surface area contributed by atoms with Crippen molar-refractivity contribution in [1.82, 2.24) is 4.90 Å². The number of fused-ring (bicyclic) bond motifs is 1. The molecule has 0 aromatic heterocycles. The Bertz CT molecular complexity index is 435. The van der Waals surface area contributed by atoms with Crippen LogP contribution in [0.25, 0.3) is 0 Å². The van der Waals surface area contributed by atoms with Crippen LogP contribution in [0.4, 0.5) is 5.69 Å². The third-order valence-electron chi connectivity index (χ3n) is 4.57. The SMILES string of the molecule is COc1cccc(N2CC3CCCCN3CC2C)c1. The van der Waals surface area contributed by atoms with Crippen LogP contribution < -0.4 is 9.64 Å². The number of piperidine rings is 1. The lowest BCUT2D eigenvalue weighted by atomic mass is 9.96. The van der Waals surface area contributed by atoms with Gasteiger partial charge < -0.3 is 9.64 Å². The van der Waals surface area contributed by atoms with Crippen LogP contribution in [0.15, 0.2) is 24.3 Å². The van der Waals surface area contributed by atoms with Gasteiger partial charge >= 0.3 is 0 Å². The van der Waals surface area contributed by atoms with Gasteiger partial charge in [0.25, 0.3) is 0 Å². The Morgan fingerprint density at radius 3 is 2.95 bits per heavy atom. The van der Waals surface area contributed by atoms with E-state index in [-0.39, 0.29) is 0 Å². The van der Waals surface area contributed by atoms with Gasteiger partial charge in [-0.15, -0.1) is 0 Å². The van der Waals surface area contributed by atoms with Crippen molar-refractivity contribution in [1.29, 1.82) is 0 Å². The van der Waals surface area contributed by atoms with Crippen LogP contribution in [0.1, 0.15) is 26.2 Å². The van der Waals surface area contributed by atoms with Crippen LogP contribution in [0.3, 0.4) is 0 Å². The standard InChI is InChI=1S/C16H24N2O/c1-13-11-17-9-4-3-6-15(17)12-18(13)14-7-5-8-16(10-14)19-2/h5,7-8,10,13,15H,3-4,6,9,11-12H2,1-2H3. The van der Waals surface area contributed by atoms with Gasteiger partial charge in [-0.1, -0.05) is 12.5 Å². The van der Waals surface area contributed by atoms with Crippen LogP contribution in [0, 0.1) is 0 Å². The second-order valence-corrected chi connectivity index (χ2v) is 5.85. The van der Waals surface area contributed by atoms with Crippen LogP contribution in [0.2, 0.25) is 0 Å². The van der Waals surface area contributed by atoms with E-state index in [9.17, 15) is 0 Å². The topological polar surface area (TPSA) is 15.7 Å². The van der Waals surface area contributed by atoms with E-state index in [2.05, 4.69) is 34.9 Å². The predicted octanol–water partition coefficient (Wildman–Crippen LogP) is 2.76. The lowest BCUT2D eigenvalue weighted by Gasteiger charge is -2.48. The van der Waals surface area contributed by atoms with Crippen molar-refractivity contribution in [2.45, 2.75) is 38.3 Å². The first-order valence-electron chi connectivity index (χ1n) is 7.42. The van der Waals surface area contributed by atoms with Gasteiger partial charge in [0, 0.05) is 36.9 Å². The number of ether oxygens (including phenoxy) is 1. The normalized spacial score (nSPS) is 28.0. The van der Waals surface area contributed by atoms with Gasteiger partial charge in [-0.2, -0.15) is 0 Å². The summed E-state index contributed by atoms with van der Waals surface area (Å²) in [5, 5.41) is 0. The van der Waals surface area contributed by atoms with Crippen molar-refractivity contribution in [3.8, 4) is 5.75 Å². The molecule has 0 radical (unpaired) electrons. The molecule has 3 nitrogen and oxygen atoms in total. The fourth-order valence-electron chi connectivity index (χ4n) is 3.50. The molecule has 2 fully saturated rings. The maximum atomic E-state index is 5.35. The summed E-state index contributed by atoms with van der Waals surface area (Å²) in [5.41, 5.74) is 1.30. The molecular formula is C16H24N2O. The molecule has 2 aliphatic rings. The molecule has 2 aliphatic heterocycles. The largest absolute Gasteiger partial charge is 0.497 e. The summed E-state index contributed by atoms with van der Waals surface area (Å²) in [4.78, 5) is 5.24. The molecule has 0 saturated carbocycles. The Balaban J connectivity index is 1.79. The fraction of sp³-hybridized carbons (Fsp3) is 0.625. The minimum absolute atomic E-state index is 0.585. The molecular weight excluding hydrogens is 236 g/mol. The zero-order valence-corrected chi connectivity index (χ0v) is 12.0. The number of hydrogen-bond acceptors (Lipinski definition) is 3. The summed E-state index contributed by atoms with van der Waals surface area (Å²) >= 11 is 0. The number of anilines is 1. The maximum absolute atomic E-state index is 5.35. The molecule has 0 amide bonds. The number of methoxy groups -OCH3 is 1. The van der Waals surface area contributed by atoms with Crippen LogP contribution >= 0.6 is 0 Å². The molecule has 0 aliphatic carbocycles. The molecule has 3 rings (SSSR count). The molecule has 0 spiro atoms. The highest BCUT2D eigenvalue weighted by Crippen LogP contribution is 2.29. The van der Waals surface area contributed by atoms with Crippen LogP contribution in [-0.2, 0) is 0 Å². The summed E-state index contributed by atoms with van der Waals surface area (Å²) in [6, 6.07) is 9.81. The number of rotatable bonds is 2. The monoisotopic (exact) mass is 260 g/mol. The Morgan fingerprint density at radius 2 is 2.11 bits per heavy atom. The molecule has 2 heterocycles. The van der Waals surface area contributed by atoms with E-state index < -0.39 is 0 Å².